The molecule has 3 amide bonds. The van der Waals surface area contributed by atoms with Gasteiger partial charge in [-0.05, 0) is 36.5 Å². The Morgan fingerprint density at radius 1 is 0.812 bits per heavy atom. The highest BCUT2D eigenvalue weighted by Crippen LogP contribution is 2.13. The zero-order valence-corrected chi connectivity index (χ0v) is 19.1. The number of aromatic hydroxyl groups is 1. The molecule has 10 heteroatoms. The minimum atomic E-state index is -1.19. The maximum absolute atomic E-state index is 13.0. The van der Waals surface area contributed by atoms with Gasteiger partial charge in [-0.1, -0.05) is 39.8 Å². The third-order valence-electron chi connectivity index (χ3n) is 4.90. The Hall–Kier alpha value is -3.14. The topological polar surface area (TPSA) is 171 Å². The van der Waals surface area contributed by atoms with Gasteiger partial charge in [-0.25, -0.2) is 4.79 Å². The smallest absolute Gasteiger partial charge is 0.326 e. The molecule has 1 aromatic rings. The fourth-order valence-corrected chi connectivity index (χ4v) is 2.93. The second-order valence-electron chi connectivity index (χ2n) is 8.52. The number of carboxylic acid groups (broad SMARTS) is 1. The van der Waals surface area contributed by atoms with E-state index in [1.165, 1.54) is 19.1 Å². The van der Waals surface area contributed by atoms with Crippen molar-refractivity contribution in [3.63, 3.8) is 0 Å². The molecule has 178 valence electrons. The van der Waals surface area contributed by atoms with Crippen LogP contribution in [0.3, 0.4) is 0 Å². The van der Waals surface area contributed by atoms with E-state index >= 15 is 0 Å². The molecule has 1 aromatic carbocycles. The normalized spacial score (nSPS) is 14.9. The molecule has 0 fully saturated rings. The van der Waals surface area contributed by atoms with Crippen LogP contribution in [0, 0.1) is 11.8 Å². The fourth-order valence-electron chi connectivity index (χ4n) is 2.93. The first-order chi connectivity index (χ1) is 14.8. The van der Waals surface area contributed by atoms with Crippen molar-refractivity contribution < 1.29 is 29.4 Å². The number of carbonyl (C=O) groups excluding carboxylic acids is 3. The molecule has 0 heterocycles. The van der Waals surface area contributed by atoms with Crippen LogP contribution in [-0.2, 0) is 25.6 Å². The molecule has 4 unspecified atom stereocenters. The van der Waals surface area contributed by atoms with Crippen LogP contribution in [0.15, 0.2) is 24.3 Å². The summed E-state index contributed by atoms with van der Waals surface area (Å²) < 4.78 is 0. The third kappa shape index (κ3) is 8.18. The molecule has 0 aliphatic carbocycles. The van der Waals surface area contributed by atoms with Gasteiger partial charge < -0.3 is 31.9 Å². The zero-order chi connectivity index (χ0) is 24.6. The summed E-state index contributed by atoms with van der Waals surface area (Å²) in [4.78, 5) is 49.4. The maximum atomic E-state index is 13.0. The number of hydrogen-bond donors (Lipinski definition) is 6. The predicted molar refractivity (Wildman–Crippen MR) is 119 cm³/mol. The summed E-state index contributed by atoms with van der Waals surface area (Å²) in [7, 11) is 0. The first kappa shape index (κ1) is 26.9. The molecule has 4 atom stereocenters. The van der Waals surface area contributed by atoms with Gasteiger partial charge in [0.1, 0.15) is 23.9 Å². The van der Waals surface area contributed by atoms with E-state index in [-0.39, 0.29) is 24.0 Å². The molecule has 0 bridgehead atoms. The fraction of sp³-hybridized carbons (Fsp3) is 0.545. The van der Waals surface area contributed by atoms with Crippen molar-refractivity contribution >= 4 is 23.7 Å². The van der Waals surface area contributed by atoms with Crippen LogP contribution in [0.4, 0.5) is 0 Å². The number of phenolic OH excluding ortho intramolecular Hbond substituents is 1. The third-order valence-corrected chi connectivity index (χ3v) is 4.90. The lowest BCUT2D eigenvalue weighted by atomic mass is 9.99. The van der Waals surface area contributed by atoms with E-state index in [0.717, 1.165) is 0 Å². The van der Waals surface area contributed by atoms with Gasteiger partial charge in [0.25, 0.3) is 0 Å². The summed E-state index contributed by atoms with van der Waals surface area (Å²) in [5, 5.41) is 26.6. The van der Waals surface area contributed by atoms with Gasteiger partial charge in [0.05, 0.1) is 6.04 Å². The lowest BCUT2D eigenvalue weighted by Crippen LogP contribution is -2.59. The lowest BCUT2D eigenvalue weighted by Gasteiger charge is -2.27. The van der Waals surface area contributed by atoms with Gasteiger partial charge in [-0.3, -0.25) is 14.4 Å². The van der Waals surface area contributed by atoms with E-state index in [1.807, 2.05) is 0 Å². The highest BCUT2D eigenvalue weighted by atomic mass is 16.4. The molecule has 0 saturated heterocycles. The van der Waals surface area contributed by atoms with E-state index in [9.17, 15) is 29.4 Å². The second kappa shape index (κ2) is 12.0. The Labute approximate surface area is 187 Å². The number of nitrogens with two attached hydrogens (primary N) is 1. The molecule has 7 N–H and O–H groups in total. The van der Waals surface area contributed by atoms with Crippen LogP contribution in [-0.4, -0.2) is 58.1 Å². The van der Waals surface area contributed by atoms with Crippen molar-refractivity contribution in [2.24, 2.45) is 17.6 Å². The first-order valence-electron chi connectivity index (χ1n) is 10.5. The van der Waals surface area contributed by atoms with E-state index in [2.05, 4.69) is 16.0 Å². The van der Waals surface area contributed by atoms with Crippen molar-refractivity contribution in [3.8, 4) is 5.75 Å². The van der Waals surface area contributed by atoms with E-state index in [1.54, 1.807) is 39.8 Å². The Morgan fingerprint density at radius 3 is 1.75 bits per heavy atom. The summed E-state index contributed by atoms with van der Waals surface area (Å²) in [6.07, 6.45) is 0.0499. The first-order valence-corrected chi connectivity index (χ1v) is 10.5. The number of amides is 3. The number of hydrogen-bond acceptors (Lipinski definition) is 6. The van der Waals surface area contributed by atoms with Crippen molar-refractivity contribution in [2.45, 2.75) is 65.2 Å². The molecular formula is C22H34N4O6. The van der Waals surface area contributed by atoms with E-state index in [4.69, 9.17) is 5.73 Å². The lowest BCUT2D eigenvalue weighted by molar-refractivity contribution is -0.143. The number of aliphatic carboxylic acids is 1. The quantitative estimate of drug-likeness (QED) is 0.278. The monoisotopic (exact) mass is 450 g/mol. The zero-order valence-electron chi connectivity index (χ0n) is 19.1. The van der Waals surface area contributed by atoms with Crippen molar-refractivity contribution in [2.75, 3.05) is 0 Å². The molecule has 0 aliphatic heterocycles. The average molecular weight is 451 g/mol. The molecule has 1 rings (SSSR count). The maximum Gasteiger partial charge on any atom is 0.326 e. The van der Waals surface area contributed by atoms with Gasteiger partial charge in [0, 0.05) is 6.42 Å². The Bertz CT molecular complexity index is 807. The Kier molecular flexibility index (Phi) is 10.1. The minimum absolute atomic E-state index is 0.0445. The molecule has 0 aliphatic rings. The van der Waals surface area contributed by atoms with Crippen LogP contribution < -0.4 is 21.7 Å². The van der Waals surface area contributed by atoms with Gasteiger partial charge in [-0.15, -0.1) is 0 Å². The molecule has 10 nitrogen and oxygen atoms in total. The number of benzene rings is 1. The molecule has 0 spiro atoms. The van der Waals surface area contributed by atoms with Gasteiger partial charge in [0.2, 0.25) is 17.7 Å². The summed E-state index contributed by atoms with van der Waals surface area (Å²) >= 11 is 0. The summed E-state index contributed by atoms with van der Waals surface area (Å²) in [6.45, 7) is 8.28. The van der Waals surface area contributed by atoms with Crippen LogP contribution in [0.1, 0.15) is 40.2 Å². The predicted octanol–water partition coefficient (Wildman–Crippen LogP) is 0.133. The summed E-state index contributed by atoms with van der Waals surface area (Å²) in [5.41, 5.74) is 6.22. The average Bonchev–Trinajstić information content (AvgIpc) is 2.69. The number of rotatable bonds is 11. The Balaban J connectivity index is 3.13. The highest BCUT2D eigenvalue weighted by Gasteiger charge is 2.32. The molecule has 0 aromatic heterocycles. The highest BCUT2D eigenvalue weighted by molar-refractivity contribution is 5.94. The molecular weight excluding hydrogens is 416 g/mol. The molecule has 32 heavy (non-hydrogen) atoms. The number of carboxylic acids is 1. The van der Waals surface area contributed by atoms with E-state index in [0.29, 0.717) is 5.56 Å². The Morgan fingerprint density at radius 2 is 1.31 bits per heavy atom. The SMILES string of the molecule is CC(N)C(=O)NC(C(=O)NC(Cc1ccc(O)cc1)C(=O)NC(C(=O)O)C(C)C)C(C)C. The molecule has 0 saturated carbocycles. The van der Waals surface area contributed by atoms with Crippen molar-refractivity contribution in [1.82, 2.24) is 16.0 Å². The van der Waals surface area contributed by atoms with Crippen molar-refractivity contribution in [3.05, 3.63) is 29.8 Å². The van der Waals surface area contributed by atoms with Gasteiger partial charge in [-0.2, -0.15) is 0 Å². The van der Waals surface area contributed by atoms with Crippen LogP contribution in [0.5, 0.6) is 5.75 Å². The van der Waals surface area contributed by atoms with Crippen LogP contribution in [0.2, 0.25) is 0 Å². The summed E-state index contributed by atoms with van der Waals surface area (Å²) in [5.74, 6) is -3.59. The van der Waals surface area contributed by atoms with Crippen molar-refractivity contribution in [1.29, 1.82) is 0 Å². The number of phenols is 1. The number of nitrogens with one attached hydrogen (secondary N) is 3. The van der Waals surface area contributed by atoms with Gasteiger partial charge in [0.15, 0.2) is 0 Å². The molecule has 0 radical (unpaired) electrons. The second-order valence-corrected chi connectivity index (χ2v) is 8.52. The van der Waals surface area contributed by atoms with E-state index < -0.39 is 47.9 Å². The van der Waals surface area contributed by atoms with Crippen LogP contribution in [0.25, 0.3) is 0 Å². The standard InChI is InChI=1S/C22H34N4O6/c1-11(2)17(25-19(28)13(5)23)21(30)24-16(10-14-6-8-15(27)9-7-14)20(29)26-18(12(3)4)22(31)32/h6-9,11-13,16-18,27H,10,23H2,1-5H3,(H,24,30)(H,25,28)(H,26,29)(H,31,32). The minimum Gasteiger partial charge on any atom is -0.508 e. The largest absolute Gasteiger partial charge is 0.508 e. The number of carbonyl (C=O) groups is 4. The van der Waals surface area contributed by atoms with Gasteiger partial charge >= 0.3 is 5.97 Å². The summed E-state index contributed by atoms with van der Waals surface area (Å²) in [6, 6.07) is 2.07. The van der Waals surface area contributed by atoms with Crippen LogP contribution >= 0.6 is 0 Å².